The molecule has 1 aliphatic heterocycles. The summed E-state index contributed by atoms with van der Waals surface area (Å²) in [5.74, 6) is -0.399. The zero-order chi connectivity index (χ0) is 11.8. The van der Waals surface area contributed by atoms with Crippen molar-refractivity contribution in [3.05, 3.63) is 17.5 Å². The second-order valence-electron chi connectivity index (χ2n) is 4.53. The molecule has 0 spiro atoms. The molecule has 1 aromatic rings. The lowest BCUT2D eigenvalue weighted by atomic mass is 9.86. The number of piperidine rings is 1. The lowest BCUT2D eigenvalue weighted by molar-refractivity contribution is 0.0601. The molecule has 5 heteroatoms. The minimum absolute atomic E-state index is 0.0183. The normalized spacial score (nSPS) is 26.9. The van der Waals surface area contributed by atoms with Gasteiger partial charge in [0.15, 0.2) is 11.5 Å². The molecule has 16 heavy (non-hydrogen) atoms. The van der Waals surface area contributed by atoms with Crippen LogP contribution in [-0.2, 0) is 5.54 Å². The molecule has 1 aromatic heterocycles. The van der Waals surface area contributed by atoms with Gasteiger partial charge in [-0.1, -0.05) is 5.16 Å². The van der Waals surface area contributed by atoms with Crippen LogP contribution in [0, 0.1) is 0 Å². The lowest BCUT2D eigenvalue weighted by Crippen LogP contribution is -2.44. The number of rotatable bonds is 2. The summed E-state index contributed by atoms with van der Waals surface area (Å²) < 4.78 is 5.17. The van der Waals surface area contributed by atoms with Crippen LogP contribution in [0.15, 0.2) is 10.6 Å². The summed E-state index contributed by atoms with van der Waals surface area (Å²) in [6, 6.07) is 1.53. The van der Waals surface area contributed by atoms with E-state index in [4.69, 9.17) is 9.63 Å². The van der Waals surface area contributed by atoms with Gasteiger partial charge in [-0.25, -0.2) is 4.79 Å². The van der Waals surface area contributed by atoms with Crippen molar-refractivity contribution in [3.63, 3.8) is 0 Å². The average Bonchev–Trinajstić information content (AvgIpc) is 2.72. The van der Waals surface area contributed by atoms with Crippen LogP contribution >= 0.6 is 0 Å². The van der Waals surface area contributed by atoms with Crippen molar-refractivity contribution in [2.75, 3.05) is 13.6 Å². The predicted molar refractivity (Wildman–Crippen MR) is 57.3 cm³/mol. The van der Waals surface area contributed by atoms with E-state index in [1.807, 2.05) is 7.05 Å². The first-order chi connectivity index (χ1) is 7.54. The van der Waals surface area contributed by atoms with Gasteiger partial charge in [0.05, 0.1) is 5.54 Å². The first kappa shape index (κ1) is 11.1. The summed E-state index contributed by atoms with van der Waals surface area (Å²) in [5, 5.41) is 12.4. The van der Waals surface area contributed by atoms with E-state index in [0.717, 1.165) is 19.4 Å². The Morgan fingerprint density at radius 1 is 1.62 bits per heavy atom. The Labute approximate surface area is 94.0 Å². The first-order valence-corrected chi connectivity index (χ1v) is 5.46. The lowest BCUT2D eigenvalue weighted by Gasteiger charge is -2.40. The van der Waals surface area contributed by atoms with Crippen molar-refractivity contribution in [2.24, 2.45) is 0 Å². The van der Waals surface area contributed by atoms with Gasteiger partial charge >= 0.3 is 5.97 Å². The Morgan fingerprint density at radius 3 is 2.94 bits per heavy atom. The van der Waals surface area contributed by atoms with Gasteiger partial charge < -0.3 is 9.63 Å². The molecule has 0 saturated carbocycles. The van der Waals surface area contributed by atoms with E-state index in [-0.39, 0.29) is 11.2 Å². The van der Waals surface area contributed by atoms with Gasteiger partial charge in [-0.2, -0.15) is 0 Å². The number of hydrogen-bond donors (Lipinski definition) is 1. The van der Waals surface area contributed by atoms with E-state index >= 15 is 0 Å². The molecular weight excluding hydrogens is 208 g/mol. The molecule has 2 heterocycles. The molecule has 1 aliphatic rings. The van der Waals surface area contributed by atoms with Gasteiger partial charge in [-0.3, -0.25) is 4.90 Å². The maximum absolute atomic E-state index is 10.7. The Kier molecular flexibility index (Phi) is 2.71. The highest BCUT2D eigenvalue weighted by atomic mass is 16.5. The van der Waals surface area contributed by atoms with Crippen molar-refractivity contribution in [2.45, 2.75) is 31.7 Å². The highest BCUT2D eigenvalue weighted by Gasteiger charge is 2.37. The number of carbonyl (C=O) groups is 1. The third kappa shape index (κ3) is 1.71. The fourth-order valence-corrected chi connectivity index (χ4v) is 2.20. The Hall–Kier alpha value is -1.36. The molecule has 0 radical (unpaired) electrons. The SMILES string of the molecule is CN1CCCCC1(C)c1cc(C(=O)O)no1. The largest absolute Gasteiger partial charge is 0.476 e. The molecule has 1 N–H and O–H groups in total. The highest BCUT2D eigenvalue weighted by molar-refractivity contribution is 5.85. The van der Waals surface area contributed by atoms with E-state index in [1.165, 1.54) is 12.5 Å². The Morgan fingerprint density at radius 2 is 2.38 bits per heavy atom. The molecule has 2 rings (SSSR count). The van der Waals surface area contributed by atoms with Crippen molar-refractivity contribution in [3.8, 4) is 0 Å². The van der Waals surface area contributed by atoms with Crippen molar-refractivity contribution < 1.29 is 14.4 Å². The van der Waals surface area contributed by atoms with E-state index in [1.54, 1.807) is 0 Å². The van der Waals surface area contributed by atoms with Gasteiger partial charge in [0.25, 0.3) is 0 Å². The van der Waals surface area contributed by atoms with Gasteiger partial charge in [0, 0.05) is 6.07 Å². The number of nitrogens with zero attached hydrogens (tertiary/aromatic N) is 2. The molecule has 1 unspecified atom stereocenters. The number of carboxylic acid groups (broad SMARTS) is 1. The molecule has 1 fully saturated rings. The van der Waals surface area contributed by atoms with Crippen LogP contribution in [0.2, 0.25) is 0 Å². The van der Waals surface area contributed by atoms with Gasteiger partial charge in [-0.05, 0) is 39.8 Å². The van der Waals surface area contributed by atoms with Gasteiger partial charge in [0.1, 0.15) is 0 Å². The Bertz CT molecular complexity index is 402. The van der Waals surface area contributed by atoms with Crippen molar-refractivity contribution in [1.29, 1.82) is 0 Å². The topological polar surface area (TPSA) is 66.6 Å². The maximum Gasteiger partial charge on any atom is 0.358 e. The number of likely N-dealkylation sites (tertiary alicyclic amines) is 1. The van der Waals surface area contributed by atoms with Gasteiger partial charge in [0.2, 0.25) is 0 Å². The molecule has 1 atom stereocenters. The summed E-state index contributed by atoms with van der Waals surface area (Å²) in [4.78, 5) is 12.9. The number of aromatic carboxylic acids is 1. The van der Waals surface area contributed by atoms with Crippen LogP contribution in [0.1, 0.15) is 42.4 Å². The molecular formula is C11H16N2O3. The highest BCUT2D eigenvalue weighted by Crippen LogP contribution is 2.36. The minimum Gasteiger partial charge on any atom is -0.476 e. The fourth-order valence-electron chi connectivity index (χ4n) is 2.20. The van der Waals surface area contributed by atoms with E-state index in [2.05, 4.69) is 17.0 Å². The quantitative estimate of drug-likeness (QED) is 0.828. The second kappa shape index (κ2) is 3.90. The molecule has 1 saturated heterocycles. The monoisotopic (exact) mass is 224 g/mol. The van der Waals surface area contributed by atoms with Crippen LogP contribution in [0.25, 0.3) is 0 Å². The van der Waals surface area contributed by atoms with Crippen LogP contribution in [0.4, 0.5) is 0 Å². The van der Waals surface area contributed by atoms with Crippen LogP contribution < -0.4 is 0 Å². The smallest absolute Gasteiger partial charge is 0.358 e. The summed E-state index contributed by atoms with van der Waals surface area (Å²) in [6.07, 6.45) is 3.27. The summed E-state index contributed by atoms with van der Waals surface area (Å²) in [7, 11) is 2.03. The third-order valence-corrected chi connectivity index (χ3v) is 3.51. The maximum atomic E-state index is 10.7. The summed E-state index contributed by atoms with van der Waals surface area (Å²) >= 11 is 0. The zero-order valence-electron chi connectivity index (χ0n) is 9.56. The molecule has 5 nitrogen and oxygen atoms in total. The summed E-state index contributed by atoms with van der Waals surface area (Å²) in [5.41, 5.74) is -0.242. The molecule has 0 aromatic carbocycles. The summed E-state index contributed by atoms with van der Waals surface area (Å²) in [6.45, 7) is 3.07. The fraction of sp³-hybridized carbons (Fsp3) is 0.636. The predicted octanol–water partition coefficient (Wildman–Crippen LogP) is 1.70. The Balaban J connectivity index is 2.30. The van der Waals surface area contributed by atoms with Crippen molar-refractivity contribution >= 4 is 5.97 Å². The molecule has 0 aliphatic carbocycles. The van der Waals surface area contributed by atoms with Gasteiger partial charge in [-0.15, -0.1) is 0 Å². The second-order valence-corrected chi connectivity index (χ2v) is 4.53. The minimum atomic E-state index is -1.04. The third-order valence-electron chi connectivity index (χ3n) is 3.51. The standard InChI is InChI=1S/C11H16N2O3/c1-11(5-3-4-6-13(11)2)9-7-8(10(14)15)12-16-9/h7H,3-6H2,1-2H3,(H,14,15). The average molecular weight is 224 g/mol. The van der Waals surface area contributed by atoms with Crippen LogP contribution in [0.5, 0.6) is 0 Å². The number of hydrogen-bond acceptors (Lipinski definition) is 4. The molecule has 0 bridgehead atoms. The van der Waals surface area contributed by atoms with Crippen molar-refractivity contribution in [1.82, 2.24) is 10.1 Å². The van der Waals surface area contributed by atoms with E-state index in [9.17, 15) is 4.79 Å². The van der Waals surface area contributed by atoms with E-state index < -0.39 is 5.97 Å². The van der Waals surface area contributed by atoms with E-state index in [0.29, 0.717) is 5.76 Å². The zero-order valence-corrected chi connectivity index (χ0v) is 9.56. The van der Waals surface area contributed by atoms with Crippen LogP contribution in [0.3, 0.4) is 0 Å². The molecule has 88 valence electrons. The number of aromatic nitrogens is 1. The number of carboxylic acids is 1. The molecule has 0 amide bonds. The van der Waals surface area contributed by atoms with Crippen LogP contribution in [-0.4, -0.2) is 34.7 Å². The first-order valence-electron chi connectivity index (χ1n) is 5.46.